The Bertz CT molecular complexity index is 1150. The maximum Gasteiger partial charge on any atom is 0.226 e. The fourth-order valence-electron chi connectivity index (χ4n) is 2.88. The van der Waals surface area contributed by atoms with Crippen LogP contribution < -0.4 is 5.32 Å². The molecule has 1 amide bonds. The molecular weight excluding hydrogens is 406 g/mol. The highest BCUT2D eigenvalue weighted by Gasteiger charge is 2.14. The minimum absolute atomic E-state index is 0.125. The highest BCUT2D eigenvalue weighted by Crippen LogP contribution is 2.25. The van der Waals surface area contributed by atoms with E-state index < -0.39 is 0 Å². The second kappa shape index (κ2) is 8.87. The van der Waals surface area contributed by atoms with E-state index in [4.69, 9.17) is 20.6 Å². The molecule has 0 aliphatic rings. The van der Waals surface area contributed by atoms with Gasteiger partial charge in [0.15, 0.2) is 0 Å². The number of hydrogen-bond donors (Lipinski definition) is 1. The molecule has 9 heteroatoms. The van der Waals surface area contributed by atoms with Crippen molar-refractivity contribution in [2.75, 3.05) is 5.32 Å². The smallest absolute Gasteiger partial charge is 0.226 e. The van der Waals surface area contributed by atoms with Crippen molar-refractivity contribution in [1.29, 1.82) is 0 Å². The molecule has 0 bridgehead atoms. The Morgan fingerprint density at radius 3 is 2.53 bits per heavy atom. The van der Waals surface area contributed by atoms with Crippen LogP contribution in [-0.2, 0) is 11.2 Å². The Labute approximate surface area is 177 Å². The fourth-order valence-corrected chi connectivity index (χ4v) is 3.01. The van der Waals surface area contributed by atoms with E-state index in [0.29, 0.717) is 59.0 Å². The van der Waals surface area contributed by atoms with E-state index in [1.165, 1.54) is 0 Å². The van der Waals surface area contributed by atoms with Crippen molar-refractivity contribution in [1.82, 2.24) is 20.3 Å². The number of amides is 1. The molecule has 4 rings (SSSR count). The molecule has 2 heterocycles. The molecule has 152 valence electrons. The van der Waals surface area contributed by atoms with Crippen LogP contribution in [0.3, 0.4) is 0 Å². The summed E-state index contributed by atoms with van der Waals surface area (Å²) in [5.41, 5.74) is 2.15. The summed E-state index contributed by atoms with van der Waals surface area (Å²) in [4.78, 5) is 21.0. The molecule has 0 radical (unpaired) electrons. The third-order valence-electron chi connectivity index (χ3n) is 4.33. The minimum atomic E-state index is -0.125. The molecule has 8 nitrogen and oxygen atoms in total. The lowest BCUT2D eigenvalue weighted by molar-refractivity contribution is -0.116. The third-order valence-corrected chi connectivity index (χ3v) is 4.59. The number of halogens is 1. The molecule has 0 saturated heterocycles. The van der Waals surface area contributed by atoms with Crippen molar-refractivity contribution in [3.63, 3.8) is 0 Å². The van der Waals surface area contributed by atoms with Crippen LogP contribution in [0.1, 0.15) is 24.6 Å². The van der Waals surface area contributed by atoms with Gasteiger partial charge < -0.3 is 14.4 Å². The summed E-state index contributed by atoms with van der Waals surface area (Å²) in [5.74, 6) is 1.75. The zero-order valence-electron chi connectivity index (χ0n) is 16.1. The Hall–Kier alpha value is -3.52. The lowest BCUT2D eigenvalue weighted by Crippen LogP contribution is -2.12. The molecule has 4 aromatic rings. The second-order valence-corrected chi connectivity index (χ2v) is 7.04. The second-order valence-electron chi connectivity index (χ2n) is 6.60. The molecule has 0 aliphatic heterocycles. The van der Waals surface area contributed by atoms with Gasteiger partial charge in [0.05, 0.1) is 5.69 Å². The number of rotatable bonds is 7. The van der Waals surface area contributed by atoms with Gasteiger partial charge in [0.25, 0.3) is 0 Å². The van der Waals surface area contributed by atoms with Crippen molar-refractivity contribution in [3.05, 3.63) is 65.3 Å². The summed E-state index contributed by atoms with van der Waals surface area (Å²) in [6.45, 7) is 1.72. The zero-order valence-corrected chi connectivity index (χ0v) is 16.9. The van der Waals surface area contributed by atoms with E-state index in [0.717, 1.165) is 5.56 Å². The van der Waals surface area contributed by atoms with E-state index in [1.54, 1.807) is 25.1 Å². The predicted molar refractivity (Wildman–Crippen MR) is 111 cm³/mol. The average molecular weight is 424 g/mol. The normalized spacial score (nSPS) is 10.9. The van der Waals surface area contributed by atoms with Crippen LogP contribution in [0.2, 0.25) is 5.02 Å². The number of nitrogens with one attached hydrogen (secondary N) is 1. The van der Waals surface area contributed by atoms with Crippen molar-refractivity contribution in [2.24, 2.45) is 0 Å². The number of carbonyl (C=O) groups excluding carboxylic acids is 1. The lowest BCUT2D eigenvalue weighted by atomic mass is 10.1. The SMILES string of the molecule is Cc1nc(-c2ccccc2NC(=O)CCCc2nc(-c3ccc(Cl)cc3)no2)no1. The number of anilines is 1. The number of benzene rings is 2. The summed E-state index contributed by atoms with van der Waals surface area (Å²) >= 11 is 5.89. The summed E-state index contributed by atoms with van der Waals surface area (Å²) in [6, 6.07) is 14.5. The van der Waals surface area contributed by atoms with E-state index >= 15 is 0 Å². The van der Waals surface area contributed by atoms with Crippen LogP contribution in [0, 0.1) is 6.92 Å². The van der Waals surface area contributed by atoms with Gasteiger partial charge in [-0.25, -0.2) is 0 Å². The molecule has 30 heavy (non-hydrogen) atoms. The maximum absolute atomic E-state index is 12.4. The van der Waals surface area contributed by atoms with E-state index in [-0.39, 0.29) is 5.91 Å². The van der Waals surface area contributed by atoms with Gasteiger partial charge in [-0.3, -0.25) is 4.79 Å². The molecule has 0 saturated carbocycles. The first-order valence-electron chi connectivity index (χ1n) is 9.36. The van der Waals surface area contributed by atoms with Gasteiger partial charge in [0.2, 0.25) is 29.3 Å². The van der Waals surface area contributed by atoms with Gasteiger partial charge in [-0.15, -0.1) is 0 Å². The van der Waals surface area contributed by atoms with Crippen LogP contribution in [-0.4, -0.2) is 26.2 Å². The maximum atomic E-state index is 12.4. The van der Waals surface area contributed by atoms with Crippen LogP contribution in [0.15, 0.2) is 57.6 Å². The first-order chi connectivity index (χ1) is 14.6. The van der Waals surface area contributed by atoms with Gasteiger partial charge in [-0.05, 0) is 42.8 Å². The standard InChI is InChI=1S/C21H18ClN5O3/c1-13-23-21(27-29-13)16-5-2-3-6-17(16)24-18(28)7-4-8-19-25-20(26-30-19)14-9-11-15(22)12-10-14/h2-3,5-6,9-12H,4,7-8H2,1H3,(H,24,28). The molecule has 2 aromatic heterocycles. The van der Waals surface area contributed by atoms with Gasteiger partial charge in [0, 0.05) is 35.9 Å². The number of nitrogens with zero attached hydrogens (tertiary/aromatic N) is 4. The monoisotopic (exact) mass is 423 g/mol. The van der Waals surface area contributed by atoms with Crippen molar-refractivity contribution in [3.8, 4) is 22.8 Å². The van der Waals surface area contributed by atoms with Crippen LogP contribution in [0.5, 0.6) is 0 Å². The highest BCUT2D eigenvalue weighted by molar-refractivity contribution is 6.30. The third kappa shape index (κ3) is 4.72. The fraction of sp³-hybridized carbons (Fsp3) is 0.190. The first kappa shape index (κ1) is 19.8. The van der Waals surface area contributed by atoms with Gasteiger partial charge in [-0.1, -0.05) is 34.0 Å². The summed E-state index contributed by atoms with van der Waals surface area (Å²) in [6.07, 6.45) is 1.37. The first-order valence-corrected chi connectivity index (χ1v) is 9.74. The Kier molecular flexibility index (Phi) is 5.85. The molecule has 0 atom stereocenters. The number of hydrogen-bond acceptors (Lipinski definition) is 7. The molecule has 2 aromatic carbocycles. The summed E-state index contributed by atoms with van der Waals surface area (Å²) in [7, 11) is 0. The number of carbonyl (C=O) groups is 1. The number of para-hydroxylation sites is 1. The molecule has 0 fully saturated rings. The molecule has 1 N–H and O–H groups in total. The number of aryl methyl sites for hydroxylation is 2. The van der Waals surface area contributed by atoms with Gasteiger partial charge in [-0.2, -0.15) is 9.97 Å². The molecule has 0 unspecified atom stereocenters. The van der Waals surface area contributed by atoms with Crippen LogP contribution in [0.4, 0.5) is 5.69 Å². The molecule has 0 spiro atoms. The zero-order chi connectivity index (χ0) is 20.9. The van der Waals surface area contributed by atoms with Crippen molar-refractivity contribution in [2.45, 2.75) is 26.2 Å². The van der Waals surface area contributed by atoms with E-state index in [9.17, 15) is 4.79 Å². The van der Waals surface area contributed by atoms with Crippen LogP contribution in [0.25, 0.3) is 22.8 Å². The Morgan fingerprint density at radius 1 is 1.00 bits per heavy atom. The summed E-state index contributed by atoms with van der Waals surface area (Å²) < 4.78 is 10.3. The van der Waals surface area contributed by atoms with E-state index in [1.807, 2.05) is 30.3 Å². The van der Waals surface area contributed by atoms with Gasteiger partial charge in [0.1, 0.15) is 0 Å². The average Bonchev–Trinajstić information content (AvgIpc) is 3.38. The Morgan fingerprint density at radius 2 is 1.77 bits per heavy atom. The van der Waals surface area contributed by atoms with Crippen molar-refractivity contribution >= 4 is 23.2 Å². The lowest BCUT2D eigenvalue weighted by Gasteiger charge is -2.08. The minimum Gasteiger partial charge on any atom is -0.339 e. The Balaban J connectivity index is 1.33. The largest absolute Gasteiger partial charge is 0.339 e. The molecular formula is C21H18ClN5O3. The highest BCUT2D eigenvalue weighted by atomic mass is 35.5. The van der Waals surface area contributed by atoms with Crippen LogP contribution >= 0.6 is 11.6 Å². The molecule has 0 aliphatic carbocycles. The topological polar surface area (TPSA) is 107 Å². The van der Waals surface area contributed by atoms with Crippen molar-refractivity contribution < 1.29 is 13.8 Å². The predicted octanol–water partition coefficient (Wildman–Crippen LogP) is 4.71. The van der Waals surface area contributed by atoms with E-state index in [2.05, 4.69) is 25.6 Å². The quantitative estimate of drug-likeness (QED) is 0.458. The number of aromatic nitrogens is 4. The summed E-state index contributed by atoms with van der Waals surface area (Å²) in [5, 5.41) is 11.4. The van der Waals surface area contributed by atoms with Gasteiger partial charge >= 0.3 is 0 Å².